The van der Waals surface area contributed by atoms with E-state index in [0.717, 1.165) is 24.0 Å². The van der Waals surface area contributed by atoms with Gasteiger partial charge in [0.05, 0.1) is 30.5 Å². The van der Waals surface area contributed by atoms with Crippen molar-refractivity contribution in [1.82, 2.24) is 4.90 Å². The number of hydrogen-bond donors (Lipinski definition) is 1. The van der Waals surface area contributed by atoms with E-state index >= 15 is 4.79 Å². The standard InChI is InChI=1S/C56H97NO12Si2/c1-20-23-41-29-35(2)28-36(3)30-47(64-14)50-48(65-15)32-38(5)56(62,67-50)51(59)52(60)57-27-22-21-24-42(57)53(61)66-49(39(6)45(34-43(41)58)69-71(18,19)55(10,11)12)37(4)31-40-25-26-44(46(33-40)63-13)68-70(16,17)54(7,8)9/h20,29,31,36,38-42,44-50,62H,1,21-28,30,32-34H2,2-19H3/b35-29+,37-31+/t36-,38+,39+,40-,41+,42-,44+,45-,46+,47-,48-,49+,50+,56+/m0/s1. The molecule has 71 heavy (non-hydrogen) atoms. The fourth-order valence-corrected chi connectivity index (χ4v) is 13.6. The molecule has 0 unspecified atom stereocenters. The number of rotatable bonds is 11. The third-order valence-electron chi connectivity index (χ3n) is 17.3. The number of carbonyl (C=O) groups excluding carboxylic acids is 4. The van der Waals surface area contributed by atoms with Crippen LogP contribution in [-0.4, -0.2) is 133 Å². The molecule has 1 amide bonds. The summed E-state index contributed by atoms with van der Waals surface area (Å²) in [4.78, 5) is 60.4. The van der Waals surface area contributed by atoms with Gasteiger partial charge in [0.2, 0.25) is 5.79 Å². The Labute approximate surface area is 431 Å². The topological polar surface area (TPSA) is 156 Å². The second-order valence-corrected chi connectivity index (χ2v) is 34.5. The summed E-state index contributed by atoms with van der Waals surface area (Å²) < 4.78 is 45.4. The Kier molecular flexibility index (Phi) is 21.5. The second-order valence-electron chi connectivity index (χ2n) is 25.0. The maximum Gasteiger partial charge on any atom is 0.329 e. The van der Waals surface area contributed by atoms with Crippen molar-refractivity contribution in [2.45, 2.75) is 238 Å². The van der Waals surface area contributed by atoms with E-state index in [-0.39, 0.29) is 65.7 Å². The van der Waals surface area contributed by atoms with E-state index in [1.807, 2.05) is 20.8 Å². The van der Waals surface area contributed by atoms with Crippen molar-refractivity contribution in [3.63, 3.8) is 0 Å². The smallest absolute Gasteiger partial charge is 0.329 e. The van der Waals surface area contributed by atoms with Gasteiger partial charge in [-0.2, -0.15) is 0 Å². The molecule has 15 heteroatoms. The highest BCUT2D eigenvalue weighted by molar-refractivity contribution is 6.74. The molecule has 4 aliphatic rings. The third kappa shape index (κ3) is 15.0. The summed E-state index contributed by atoms with van der Waals surface area (Å²) >= 11 is 0. The molecule has 0 aromatic carbocycles. The number of cyclic esters (lactones) is 1. The fraction of sp³-hybridized carbons (Fsp3) is 0.821. The van der Waals surface area contributed by atoms with E-state index in [2.05, 4.69) is 93.4 Å². The summed E-state index contributed by atoms with van der Waals surface area (Å²) in [6, 6.07) is -1.11. The zero-order chi connectivity index (χ0) is 53.6. The van der Waals surface area contributed by atoms with Crippen molar-refractivity contribution >= 4 is 40.1 Å². The Morgan fingerprint density at radius 3 is 1.96 bits per heavy atom. The molecular formula is C56H97NO12Si2. The maximum atomic E-state index is 15.0. The van der Waals surface area contributed by atoms with Gasteiger partial charge in [-0.05, 0) is 132 Å². The van der Waals surface area contributed by atoms with Crippen LogP contribution in [0.25, 0.3) is 0 Å². The first kappa shape index (κ1) is 61.2. The van der Waals surface area contributed by atoms with Gasteiger partial charge in [0.25, 0.3) is 11.7 Å². The molecule has 14 atom stereocenters. The lowest BCUT2D eigenvalue weighted by Gasteiger charge is -2.47. The molecular weight excluding hydrogens is 935 g/mol. The number of allylic oxidation sites excluding steroid dienone is 4. The minimum absolute atomic E-state index is 0.0114. The van der Waals surface area contributed by atoms with Gasteiger partial charge in [0.15, 0.2) is 16.6 Å². The van der Waals surface area contributed by atoms with Gasteiger partial charge in [0, 0.05) is 52.0 Å². The molecule has 3 fully saturated rings. The average molecular weight is 1030 g/mol. The average Bonchev–Trinajstić information content (AvgIpc) is 3.28. The normalized spacial score (nSPS) is 36.3. The van der Waals surface area contributed by atoms with Crippen LogP contribution in [0.2, 0.25) is 36.3 Å². The van der Waals surface area contributed by atoms with Crippen molar-refractivity contribution in [2.24, 2.45) is 29.6 Å². The predicted molar refractivity (Wildman–Crippen MR) is 285 cm³/mol. The van der Waals surface area contributed by atoms with E-state index in [0.29, 0.717) is 38.5 Å². The third-order valence-corrected chi connectivity index (χ3v) is 26.3. The van der Waals surface area contributed by atoms with Crippen LogP contribution < -0.4 is 0 Å². The Hall–Kier alpha value is -2.35. The number of piperidine rings is 1. The quantitative estimate of drug-likeness (QED) is 0.0906. The van der Waals surface area contributed by atoms with Gasteiger partial charge < -0.3 is 42.5 Å². The van der Waals surface area contributed by atoms with Crippen LogP contribution in [0.1, 0.15) is 147 Å². The number of aliphatic hydroxyl groups is 1. The molecule has 1 aliphatic carbocycles. The number of ketones is 2. The monoisotopic (exact) mass is 1030 g/mol. The molecule has 406 valence electrons. The lowest BCUT2D eigenvalue weighted by molar-refractivity contribution is -0.302. The maximum absolute atomic E-state index is 15.0. The number of Topliss-reactive ketones (excluding diaryl/α,β-unsaturated/α-hetero) is 2. The highest BCUT2D eigenvalue weighted by Crippen LogP contribution is 2.44. The van der Waals surface area contributed by atoms with E-state index in [1.54, 1.807) is 34.3 Å². The molecule has 13 nitrogen and oxygen atoms in total. The van der Waals surface area contributed by atoms with Crippen molar-refractivity contribution in [3.05, 3.63) is 36.0 Å². The minimum Gasteiger partial charge on any atom is -0.456 e. The van der Waals surface area contributed by atoms with Crippen LogP contribution >= 0.6 is 0 Å². The number of esters is 1. The molecule has 0 spiro atoms. The van der Waals surface area contributed by atoms with Crippen molar-refractivity contribution in [1.29, 1.82) is 0 Å². The molecule has 1 N–H and O–H groups in total. The van der Waals surface area contributed by atoms with E-state index < -0.39 is 94.4 Å². The van der Waals surface area contributed by atoms with Crippen LogP contribution in [0, 0.1) is 29.6 Å². The Balaban J connectivity index is 1.89. The van der Waals surface area contributed by atoms with Crippen LogP contribution in [0.4, 0.5) is 0 Å². The predicted octanol–water partition coefficient (Wildman–Crippen LogP) is 10.7. The SMILES string of the molecule is C=CC[C@@H]1/C=C(\C)C[C@H](C)C[C@H](OC)[C@H]2O[C@@](O)(C(=O)C(=O)N3CCCC[C@H]3C(=O)O[C@H](/C(C)=C/[C@@H]3CC[C@@H](O[Si](C)(C)C(C)(C)C)[C@H](OC)C3)[C@H](C)[C@@H](O[Si](C)(C)C(C)(C)C)CC1=O)[C@H](C)C[C@@H]2OC. The van der Waals surface area contributed by atoms with Crippen LogP contribution in [0.3, 0.4) is 0 Å². The Morgan fingerprint density at radius 2 is 1.39 bits per heavy atom. The summed E-state index contributed by atoms with van der Waals surface area (Å²) in [6.45, 7) is 36.1. The first-order valence-electron chi connectivity index (χ1n) is 26.7. The lowest BCUT2D eigenvalue weighted by atomic mass is 9.81. The lowest BCUT2D eigenvalue weighted by Crippen LogP contribution is -2.64. The minimum atomic E-state index is -2.56. The summed E-state index contributed by atoms with van der Waals surface area (Å²) in [5.74, 6) is -6.99. The van der Waals surface area contributed by atoms with Gasteiger partial charge in [-0.25, -0.2) is 4.79 Å². The molecule has 3 aliphatic heterocycles. The Morgan fingerprint density at radius 1 is 0.817 bits per heavy atom. The van der Waals surface area contributed by atoms with Crippen LogP contribution in [-0.2, 0) is 51.7 Å². The highest BCUT2D eigenvalue weighted by Gasteiger charge is 2.57. The van der Waals surface area contributed by atoms with E-state index in [4.69, 9.17) is 32.5 Å². The summed E-state index contributed by atoms with van der Waals surface area (Å²) in [5, 5.41) is 12.1. The number of nitrogens with zero attached hydrogens (tertiary/aromatic N) is 1. The van der Waals surface area contributed by atoms with Crippen molar-refractivity contribution in [2.75, 3.05) is 27.9 Å². The number of fused-ring (bicyclic) bond motifs is 3. The van der Waals surface area contributed by atoms with Gasteiger partial charge in [-0.1, -0.05) is 86.1 Å². The first-order chi connectivity index (χ1) is 32.9. The number of hydrogen-bond acceptors (Lipinski definition) is 12. The molecule has 0 radical (unpaired) electrons. The molecule has 2 bridgehead atoms. The molecule has 2 saturated heterocycles. The van der Waals surface area contributed by atoms with E-state index in [1.165, 1.54) is 4.90 Å². The fourth-order valence-electron chi connectivity index (χ4n) is 10.8. The number of methoxy groups -OCH3 is 3. The number of amides is 1. The van der Waals surface area contributed by atoms with Gasteiger partial charge in [0.1, 0.15) is 24.0 Å². The first-order valence-corrected chi connectivity index (χ1v) is 32.6. The molecule has 0 aromatic heterocycles. The Bertz CT molecular complexity index is 1900. The molecule has 4 rings (SSSR count). The molecule has 0 aromatic rings. The zero-order valence-corrected chi connectivity index (χ0v) is 49.3. The largest absolute Gasteiger partial charge is 0.456 e. The van der Waals surface area contributed by atoms with Crippen LogP contribution in [0.15, 0.2) is 36.0 Å². The molecule has 1 saturated carbocycles. The van der Waals surface area contributed by atoms with Crippen molar-refractivity contribution < 1.29 is 56.8 Å². The van der Waals surface area contributed by atoms with Crippen molar-refractivity contribution in [3.8, 4) is 0 Å². The highest BCUT2D eigenvalue weighted by atomic mass is 28.4. The van der Waals surface area contributed by atoms with Crippen LogP contribution in [0.5, 0.6) is 0 Å². The van der Waals surface area contributed by atoms with E-state index in [9.17, 15) is 19.5 Å². The van der Waals surface area contributed by atoms with Gasteiger partial charge in [-0.3, -0.25) is 14.4 Å². The van der Waals surface area contributed by atoms with Gasteiger partial charge in [-0.15, -0.1) is 6.58 Å². The molecule has 3 heterocycles. The summed E-state index contributed by atoms with van der Waals surface area (Å²) in [7, 11) is 0.207. The van der Waals surface area contributed by atoms with Gasteiger partial charge >= 0.3 is 5.97 Å². The number of ether oxygens (including phenoxy) is 5. The second kappa shape index (κ2) is 25.0. The number of carbonyl (C=O) groups is 4. The zero-order valence-electron chi connectivity index (χ0n) is 47.3. The summed E-state index contributed by atoms with van der Waals surface area (Å²) in [6.07, 6.45) is 7.96. The summed E-state index contributed by atoms with van der Waals surface area (Å²) in [5.41, 5.74) is 1.83.